The Morgan fingerprint density at radius 1 is 1.53 bits per heavy atom. The minimum Gasteiger partial charge on any atom is -0.480 e. The van der Waals surface area contributed by atoms with Crippen LogP contribution in [0.1, 0.15) is 29.4 Å². The maximum atomic E-state index is 11.8. The van der Waals surface area contributed by atoms with Gasteiger partial charge >= 0.3 is 5.97 Å². The number of aliphatic carboxylic acids is 1. The van der Waals surface area contributed by atoms with E-state index < -0.39 is 12.0 Å². The molecular weight excluding hydrogens is 374 g/mol. The number of carbonyl (C=O) groups excluding carboxylic acids is 1. The van der Waals surface area contributed by atoms with E-state index in [9.17, 15) is 9.59 Å². The molecule has 94 valence electrons. The first-order valence-electron chi connectivity index (χ1n) is 4.94. The number of rotatable bonds is 5. The van der Waals surface area contributed by atoms with Crippen molar-refractivity contribution in [2.45, 2.75) is 25.8 Å². The van der Waals surface area contributed by atoms with Crippen molar-refractivity contribution in [2.24, 2.45) is 0 Å². The standard InChI is InChI=1S/C10H11Br2NO3S/c1-2-3-6(10(15)16)13-9(14)7-4-5(11)8(12)17-7/h4,6H,2-3H2,1H3,(H,13,14)(H,15,16)/t6-/m1/s1. The molecule has 0 fully saturated rings. The average molecular weight is 385 g/mol. The van der Waals surface area contributed by atoms with Crippen molar-refractivity contribution in [3.8, 4) is 0 Å². The van der Waals surface area contributed by atoms with Gasteiger partial charge in [0.2, 0.25) is 0 Å². The van der Waals surface area contributed by atoms with E-state index in [1.807, 2.05) is 6.92 Å². The molecule has 0 aromatic carbocycles. The summed E-state index contributed by atoms with van der Waals surface area (Å²) in [5, 5.41) is 11.4. The molecule has 0 saturated carbocycles. The third kappa shape index (κ3) is 4.08. The van der Waals surface area contributed by atoms with Crippen LogP contribution in [0.4, 0.5) is 0 Å². The minimum atomic E-state index is -1.00. The molecular formula is C10H11Br2NO3S. The van der Waals surface area contributed by atoms with Crippen molar-refractivity contribution in [3.63, 3.8) is 0 Å². The Hall–Kier alpha value is -0.400. The fourth-order valence-corrected chi connectivity index (χ4v) is 3.17. The summed E-state index contributed by atoms with van der Waals surface area (Å²) in [7, 11) is 0. The predicted octanol–water partition coefficient (Wildman–Crippen LogP) is 3.26. The van der Waals surface area contributed by atoms with Crippen LogP contribution < -0.4 is 5.32 Å². The number of carboxylic acid groups (broad SMARTS) is 1. The Morgan fingerprint density at radius 2 is 2.18 bits per heavy atom. The third-order valence-electron chi connectivity index (χ3n) is 2.05. The second-order valence-electron chi connectivity index (χ2n) is 3.39. The van der Waals surface area contributed by atoms with Crippen LogP contribution in [0.3, 0.4) is 0 Å². The second kappa shape index (κ2) is 6.51. The normalized spacial score (nSPS) is 12.2. The van der Waals surface area contributed by atoms with E-state index in [0.29, 0.717) is 17.7 Å². The van der Waals surface area contributed by atoms with Crippen molar-refractivity contribution in [1.29, 1.82) is 0 Å². The maximum Gasteiger partial charge on any atom is 0.326 e. The number of halogens is 2. The molecule has 0 spiro atoms. The number of hydrogen-bond acceptors (Lipinski definition) is 3. The lowest BCUT2D eigenvalue weighted by Crippen LogP contribution is -2.40. The van der Waals surface area contributed by atoms with Crippen LogP contribution in [0.15, 0.2) is 14.3 Å². The Labute approximate surface area is 120 Å². The highest BCUT2D eigenvalue weighted by atomic mass is 79.9. The molecule has 1 atom stereocenters. The lowest BCUT2D eigenvalue weighted by molar-refractivity contribution is -0.139. The summed E-state index contributed by atoms with van der Waals surface area (Å²) in [6, 6.07) is 0.835. The van der Waals surface area contributed by atoms with Gasteiger partial charge in [-0.1, -0.05) is 13.3 Å². The van der Waals surface area contributed by atoms with Crippen LogP contribution in [0.2, 0.25) is 0 Å². The lowest BCUT2D eigenvalue weighted by Gasteiger charge is -2.12. The SMILES string of the molecule is CCC[C@@H](NC(=O)c1cc(Br)c(Br)s1)C(=O)O. The smallest absolute Gasteiger partial charge is 0.326 e. The van der Waals surface area contributed by atoms with Crippen LogP contribution in [-0.4, -0.2) is 23.0 Å². The largest absolute Gasteiger partial charge is 0.480 e. The molecule has 1 amide bonds. The predicted molar refractivity (Wildman–Crippen MR) is 73.5 cm³/mol. The molecule has 1 aromatic heterocycles. The molecule has 0 aliphatic carbocycles. The zero-order chi connectivity index (χ0) is 13.0. The number of hydrogen-bond donors (Lipinski definition) is 2. The van der Waals surface area contributed by atoms with Crippen molar-refractivity contribution >= 4 is 55.1 Å². The van der Waals surface area contributed by atoms with E-state index in [4.69, 9.17) is 5.11 Å². The molecule has 4 nitrogen and oxygen atoms in total. The van der Waals surface area contributed by atoms with Gasteiger partial charge in [0, 0.05) is 4.47 Å². The van der Waals surface area contributed by atoms with Gasteiger partial charge in [-0.3, -0.25) is 4.79 Å². The Kier molecular flexibility index (Phi) is 5.61. The highest BCUT2D eigenvalue weighted by Gasteiger charge is 2.21. The number of carboxylic acids is 1. The summed E-state index contributed by atoms with van der Waals surface area (Å²) >= 11 is 7.82. The molecule has 1 rings (SSSR count). The number of amides is 1. The number of thiophene rings is 1. The summed E-state index contributed by atoms with van der Waals surface area (Å²) in [5.41, 5.74) is 0. The van der Waals surface area contributed by atoms with Gasteiger partial charge in [0.15, 0.2) is 0 Å². The van der Waals surface area contributed by atoms with E-state index in [-0.39, 0.29) is 5.91 Å². The Morgan fingerprint density at radius 3 is 2.59 bits per heavy atom. The van der Waals surface area contributed by atoms with E-state index in [1.54, 1.807) is 6.07 Å². The fraction of sp³-hybridized carbons (Fsp3) is 0.400. The first kappa shape index (κ1) is 14.7. The zero-order valence-electron chi connectivity index (χ0n) is 9.00. The van der Waals surface area contributed by atoms with Gasteiger partial charge in [0.25, 0.3) is 5.91 Å². The van der Waals surface area contributed by atoms with Crippen molar-refractivity contribution < 1.29 is 14.7 Å². The Balaban J connectivity index is 2.73. The van der Waals surface area contributed by atoms with E-state index in [0.717, 1.165) is 8.26 Å². The van der Waals surface area contributed by atoms with Crippen molar-refractivity contribution in [3.05, 3.63) is 19.2 Å². The van der Waals surface area contributed by atoms with Gasteiger partial charge in [0.1, 0.15) is 6.04 Å². The number of carbonyl (C=O) groups is 2. The summed E-state index contributed by atoms with van der Waals surface area (Å²) in [5.74, 6) is -1.36. The molecule has 0 unspecified atom stereocenters. The first-order chi connectivity index (χ1) is 7.95. The molecule has 1 aromatic rings. The van der Waals surface area contributed by atoms with E-state index in [2.05, 4.69) is 37.2 Å². The highest BCUT2D eigenvalue weighted by Crippen LogP contribution is 2.32. The zero-order valence-corrected chi connectivity index (χ0v) is 13.0. The van der Waals surface area contributed by atoms with Crippen LogP contribution in [0, 0.1) is 0 Å². The van der Waals surface area contributed by atoms with Gasteiger partial charge in [-0.15, -0.1) is 11.3 Å². The molecule has 2 N–H and O–H groups in total. The van der Waals surface area contributed by atoms with Crippen molar-refractivity contribution in [2.75, 3.05) is 0 Å². The molecule has 17 heavy (non-hydrogen) atoms. The third-order valence-corrected chi connectivity index (χ3v) is 5.30. The molecule has 0 aliphatic heterocycles. The molecule has 1 heterocycles. The van der Waals surface area contributed by atoms with E-state index >= 15 is 0 Å². The van der Waals surface area contributed by atoms with Crippen LogP contribution in [-0.2, 0) is 4.79 Å². The second-order valence-corrected chi connectivity index (χ2v) is 6.61. The summed E-state index contributed by atoms with van der Waals surface area (Å²) in [6.07, 6.45) is 1.13. The lowest BCUT2D eigenvalue weighted by atomic mass is 10.1. The molecule has 7 heteroatoms. The molecule has 0 bridgehead atoms. The van der Waals surface area contributed by atoms with E-state index in [1.165, 1.54) is 11.3 Å². The molecule has 0 saturated heterocycles. The van der Waals surface area contributed by atoms with Gasteiger partial charge in [-0.25, -0.2) is 4.79 Å². The average Bonchev–Trinajstić information content (AvgIpc) is 2.58. The monoisotopic (exact) mass is 383 g/mol. The fourth-order valence-electron chi connectivity index (χ4n) is 1.23. The van der Waals surface area contributed by atoms with Gasteiger partial charge < -0.3 is 10.4 Å². The molecule has 0 aliphatic rings. The van der Waals surface area contributed by atoms with Gasteiger partial charge in [-0.2, -0.15) is 0 Å². The van der Waals surface area contributed by atoms with Gasteiger partial charge in [-0.05, 0) is 44.3 Å². The van der Waals surface area contributed by atoms with Crippen molar-refractivity contribution in [1.82, 2.24) is 5.32 Å². The van der Waals surface area contributed by atoms with Crippen LogP contribution >= 0.6 is 43.2 Å². The quantitative estimate of drug-likeness (QED) is 0.818. The highest BCUT2D eigenvalue weighted by molar-refractivity contribution is 9.13. The number of nitrogens with one attached hydrogen (secondary N) is 1. The van der Waals surface area contributed by atoms with Crippen LogP contribution in [0.5, 0.6) is 0 Å². The molecule has 0 radical (unpaired) electrons. The minimum absolute atomic E-state index is 0.359. The first-order valence-corrected chi connectivity index (χ1v) is 7.34. The Bertz CT molecular complexity index is 414. The summed E-state index contributed by atoms with van der Waals surface area (Å²) < 4.78 is 1.60. The summed E-state index contributed by atoms with van der Waals surface area (Å²) in [6.45, 7) is 1.88. The van der Waals surface area contributed by atoms with Crippen LogP contribution in [0.25, 0.3) is 0 Å². The maximum absolute atomic E-state index is 11.8. The topological polar surface area (TPSA) is 66.4 Å². The summed E-state index contributed by atoms with van der Waals surface area (Å²) in [4.78, 5) is 23.2. The van der Waals surface area contributed by atoms with Gasteiger partial charge in [0.05, 0.1) is 8.66 Å².